The van der Waals surface area contributed by atoms with E-state index in [0.29, 0.717) is 41.7 Å². The number of carbonyl (C=O) groups excluding carboxylic acids is 2. The van der Waals surface area contributed by atoms with E-state index in [-0.39, 0.29) is 11.8 Å². The van der Waals surface area contributed by atoms with Gasteiger partial charge in [0, 0.05) is 33.6 Å². The lowest BCUT2D eigenvalue weighted by molar-refractivity contribution is -0.263. The van der Waals surface area contributed by atoms with Gasteiger partial charge < -0.3 is 20.9 Å². The molecule has 3 aliphatic rings. The van der Waals surface area contributed by atoms with Crippen molar-refractivity contribution < 1.29 is 19.4 Å². The van der Waals surface area contributed by atoms with Crippen LogP contribution in [0.4, 0.5) is 10.8 Å². The normalized spacial score (nSPS) is 17.8. The summed E-state index contributed by atoms with van der Waals surface area (Å²) in [5.74, 6) is 0.0759. The zero-order valence-electron chi connectivity index (χ0n) is 27.0. The molecule has 0 atom stereocenters. The Morgan fingerprint density at radius 2 is 1.85 bits per heavy atom. The number of rotatable bonds is 9. The van der Waals surface area contributed by atoms with E-state index in [2.05, 4.69) is 26.2 Å². The minimum atomic E-state index is -0.960. The molecule has 0 bridgehead atoms. The van der Waals surface area contributed by atoms with E-state index < -0.39 is 5.54 Å². The van der Waals surface area contributed by atoms with Crippen LogP contribution in [0.2, 0.25) is 0 Å². The van der Waals surface area contributed by atoms with E-state index in [1.54, 1.807) is 11.3 Å². The summed E-state index contributed by atoms with van der Waals surface area (Å²) >= 11 is 1.61. The lowest BCUT2D eigenvalue weighted by Gasteiger charge is -2.29. The first-order valence-corrected chi connectivity index (χ1v) is 17.8. The number of hydrogen-bond acceptors (Lipinski definition) is 7. The van der Waals surface area contributed by atoms with Gasteiger partial charge in [-0.3, -0.25) is 9.59 Å². The average Bonchev–Trinajstić information content (AvgIpc) is 3.77. The number of nitrogens with one attached hydrogen (secondary N) is 2. The highest BCUT2D eigenvalue weighted by atomic mass is 32.1. The van der Waals surface area contributed by atoms with Crippen molar-refractivity contribution in [3.05, 3.63) is 70.1 Å². The third-order valence-electron chi connectivity index (χ3n) is 10.1. The molecule has 4 aromatic rings. The van der Waals surface area contributed by atoms with Gasteiger partial charge in [0.15, 0.2) is 5.13 Å². The van der Waals surface area contributed by atoms with Gasteiger partial charge in [-0.1, -0.05) is 62.5 Å². The second-order valence-corrected chi connectivity index (χ2v) is 14.2. The van der Waals surface area contributed by atoms with E-state index in [9.17, 15) is 9.59 Å². The first-order valence-electron chi connectivity index (χ1n) is 16.9. The van der Waals surface area contributed by atoms with Gasteiger partial charge in [0.25, 0.3) is 5.91 Å². The van der Waals surface area contributed by atoms with Gasteiger partial charge >= 0.3 is 0 Å². The van der Waals surface area contributed by atoms with Gasteiger partial charge in [0.2, 0.25) is 5.91 Å². The number of aryl methyl sites for hydroxylation is 2. The zero-order valence-corrected chi connectivity index (χ0v) is 27.8. The SMILES string of the molecule is COOC/C=C/c1ccc(NC(=O)C2(NC(=O)c3ccc4c(C5CCCCC5)c5n(c4c3)CCCc3sc(N)nc3-5)CCCC2)cc1. The monoisotopic (exact) mass is 653 g/mol. The Bertz CT molecular complexity index is 1800. The molecule has 7 rings (SSSR count). The maximum absolute atomic E-state index is 14.0. The predicted molar refractivity (Wildman–Crippen MR) is 187 cm³/mol. The van der Waals surface area contributed by atoms with Crippen LogP contribution in [-0.4, -0.2) is 40.6 Å². The summed E-state index contributed by atoms with van der Waals surface area (Å²) in [6.45, 7) is 1.22. The van der Waals surface area contributed by atoms with Crippen molar-refractivity contribution in [3.63, 3.8) is 0 Å². The molecule has 3 heterocycles. The summed E-state index contributed by atoms with van der Waals surface area (Å²) < 4.78 is 2.39. The number of carbonyl (C=O) groups is 2. The van der Waals surface area contributed by atoms with Crippen LogP contribution >= 0.6 is 11.3 Å². The molecule has 2 aliphatic carbocycles. The van der Waals surface area contributed by atoms with Crippen molar-refractivity contribution in [2.75, 3.05) is 24.8 Å². The molecule has 0 saturated heterocycles. The molecule has 0 unspecified atom stereocenters. The number of amides is 2. The van der Waals surface area contributed by atoms with E-state index in [4.69, 9.17) is 15.6 Å². The molecule has 9 nitrogen and oxygen atoms in total. The summed E-state index contributed by atoms with van der Waals surface area (Å²) in [4.78, 5) is 43.4. The molecule has 246 valence electrons. The second kappa shape index (κ2) is 13.6. The van der Waals surface area contributed by atoms with Crippen LogP contribution in [-0.2, 0) is 27.5 Å². The largest absolute Gasteiger partial charge is 0.375 e. The number of nitrogen functional groups attached to an aromatic ring is 1. The number of aromatic nitrogens is 2. The minimum Gasteiger partial charge on any atom is -0.375 e. The molecule has 2 aromatic heterocycles. The molecule has 0 spiro atoms. The average molecular weight is 654 g/mol. The Hall–Kier alpha value is -3.99. The smallest absolute Gasteiger partial charge is 0.252 e. The molecule has 2 aromatic carbocycles. The van der Waals surface area contributed by atoms with Gasteiger partial charge in [0.05, 0.1) is 12.8 Å². The molecule has 47 heavy (non-hydrogen) atoms. The third kappa shape index (κ3) is 6.34. The minimum absolute atomic E-state index is 0.175. The fourth-order valence-electron chi connectivity index (χ4n) is 7.83. The summed E-state index contributed by atoms with van der Waals surface area (Å²) in [6.07, 6.45) is 14.8. The molecule has 1 aliphatic heterocycles. The first kappa shape index (κ1) is 31.6. The third-order valence-corrected chi connectivity index (χ3v) is 11.1. The Kier molecular flexibility index (Phi) is 9.16. The molecule has 10 heteroatoms. The number of fused-ring (bicyclic) bond motifs is 5. The first-order chi connectivity index (χ1) is 23.0. The topological polar surface area (TPSA) is 120 Å². The van der Waals surface area contributed by atoms with E-state index >= 15 is 0 Å². The number of nitrogens with zero attached hydrogens (tertiary/aromatic N) is 2. The van der Waals surface area contributed by atoms with Crippen LogP contribution in [0.3, 0.4) is 0 Å². The van der Waals surface area contributed by atoms with Crippen molar-refractivity contribution >= 4 is 50.9 Å². The van der Waals surface area contributed by atoms with Gasteiger partial charge in [-0.15, -0.1) is 11.3 Å². The Morgan fingerprint density at radius 3 is 2.62 bits per heavy atom. The van der Waals surface area contributed by atoms with Crippen LogP contribution in [0.1, 0.15) is 96.5 Å². The number of benzene rings is 2. The lowest BCUT2D eigenvalue weighted by atomic mass is 9.82. The Labute approximate surface area is 279 Å². The number of nitrogens with two attached hydrogens (primary N) is 1. The number of thiazole rings is 1. The van der Waals surface area contributed by atoms with Crippen molar-refractivity contribution in [3.8, 4) is 11.4 Å². The highest BCUT2D eigenvalue weighted by Gasteiger charge is 2.43. The number of anilines is 2. The predicted octanol–water partition coefficient (Wildman–Crippen LogP) is 7.61. The van der Waals surface area contributed by atoms with Gasteiger partial charge in [-0.05, 0) is 79.8 Å². The van der Waals surface area contributed by atoms with Crippen molar-refractivity contribution in [1.29, 1.82) is 0 Å². The molecule has 2 amide bonds. The van der Waals surface area contributed by atoms with Crippen LogP contribution in [0.5, 0.6) is 0 Å². The van der Waals surface area contributed by atoms with Gasteiger partial charge in [-0.25, -0.2) is 14.8 Å². The quantitative estimate of drug-likeness (QED) is 0.0972. The Balaban J connectivity index is 1.16. The number of hydrogen-bond donors (Lipinski definition) is 3. The van der Waals surface area contributed by atoms with Crippen LogP contribution in [0, 0.1) is 0 Å². The maximum Gasteiger partial charge on any atom is 0.252 e. The standard InChI is InChI=1S/C37H43N5O4S/c1-45-46-22-8-9-24-13-16-27(17-14-24)39-35(44)37(19-5-6-20-37)41-34(43)26-15-18-28-29(23-26)42-21-7-12-30-32(40-36(38)47-30)33(42)31(28)25-10-3-2-4-11-25/h8-9,13-18,23,25H,2-7,10-12,19-22H2,1H3,(H2,38,40)(H,39,44)(H,41,43)/b9-8+. The summed E-state index contributed by atoms with van der Waals surface area (Å²) in [7, 11) is 1.47. The van der Waals surface area contributed by atoms with E-state index in [1.807, 2.05) is 48.6 Å². The lowest BCUT2D eigenvalue weighted by Crippen LogP contribution is -2.55. The van der Waals surface area contributed by atoms with Crippen LogP contribution in [0.25, 0.3) is 28.4 Å². The van der Waals surface area contributed by atoms with Gasteiger partial charge in [-0.2, -0.15) is 0 Å². The maximum atomic E-state index is 14.0. The molecule has 4 N–H and O–H groups in total. The van der Waals surface area contributed by atoms with Crippen LogP contribution < -0.4 is 16.4 Å². The summed E-state index contributed by atoms with van der Waals surface area (Å²) in [6, 6.07) is 13.7. The van der Waals surface area contributed by atoms with Crippen molar-refractivity contribution in [1.82, 2.24) is 14.9 Å². The summed E-state index contributed by atoms with van der Waals surface area (Å²) in [5, 5.41) is 8.10. The molecule has 2 saturated carbocycles. The highest BCUT2D eigenvalue weighted by Crippen LogP contribution is 2.47. The van der Waals surface area contributed by atoms with Crippen molar-refractivity contribution in [2.45, 2.75) is 88.6 Å². The molecular weight excluding hydrogens is 611 g/mol. The highest BCUT2D eigenvalue weighted by molar-refractivity contribution is 7.15. The van der Waals surface area contributed by atoms with Crippen LogP contribution in [0.15, 0.2) is 48.5 Å². The Morgan fingerprint density at radius 1 is 1.06 bits per heavy atom. The zero-order chi connectivity index (χ0) is 32.4. The molecular formula is C37H43N5O4S. The van der Waals surface area contributed by atoms with E-state index in [1.165, 1.54) is 60.7 Å². The molecule has 2 fully saturated rings. The molecule has 0 radical (unpaired) electrons. The van der Waals surface area contributed by atoms with Crippen molar-refractivity contribution in [2.24, 2.45) is 0 Å². The van der Waals surface area contributed by atoms with Gasteiger partial charge in [0.1, 0.15) is 17.8 Å². The fraction of sp³-hybridized carbons (Fsp3) is 0.432. The fourth-order valence-corrected chi connectivity index (χ4v) is 8.70. The van der Waals surface area contributed by atoms with E-state index in [0.717, 1.165) is 49.0 Å². The second-order valence-electron chi connectivity index (χ2n) is 13.1. The summed E-state index contributed by atoms with van der Waals surface area (Å²) in [5.41, 5.74) is 12.2.